The monoisotopic (exact) mass is 450 g/mol. The number of hydrogen-bond acceptors (Lipinski definition) is 6. The fourth-order valence-corrected chi connectivity index (χ4v) is 3.69. The predicted octanol–water partition coefficient (Wildman–Crippen LogP) is 1.53. The van der Waals surface area contributed by atoms with E-state index in [2.05, 4.69) is 25.8 Å². The molecule has 0 unspecified atom stereocenters. The van der Waals surface area contributed by atoms with Crippen LogP contribution in [0.25, 0.3) is 11.1 Å². The molecule has 148 valence electrons. The Morgan fingerprint density at radius 3 is 2.29 bits per heavy atom. The van der Waals surface area contributed by atoms with Crippen molar-refractivity contribution in [1.29, 1.82) is 0 Å². The number of carboxylic acids is 2. The van der Waals surface area contributed by atoms with Crippen LogP contribution in [0.15, 0.2) is 27.5 Å². The van der Waals surface area contributed by atoms with E-state index in [4.69, 9.17) is 5.73 Å². The first-order chi connectivity index (χ1) is 13.2. The van der Waals surface area contributed by atoms with Crippen LogP contribution >= 0.6 is 15.9 Å². The second-order valence-electron chi connectivity index (χ2n) is 6.55. The number of rotatable bonds is 4. The van der Waals surface area contributed by atoms with Crippen molar-refractivity contribution in [3.63, 3.8) is 0 Å². The normalized spacial score (nSPS) is 14.9. The smallest absolute Gasteiger partial charge is 0.342 e. The molecule has 1 fully saturated rings. The number of anilines is 2. The topological polar surface area (TPSA) is 140 Å². The summed E-state index contributed by atoms with van der Waals surface area (Å²) in [6, 6.07) is 5.06. The van der Waals surface area contributed by atoms with Crippen molar-refractivity contribution >= 4 is 39.4 Å². The molecular weight excluding hydrogens is 432 g/mol. The van der Waals surface area contributed by atoms with E-state index in [1.807, 2.05) is 11.9 Å². The van der Waals surface area contributed by atoms with E-state index >= 15 is 0 Å². The Morgan fingerprint density at radius 2 is 1.71 bits per heavy atom. The molecule has 0 radical (unpaired) electrons. The summed E-state index contributed by atoms with van der Waals surface area (Å²) in [5.41, 5.74) is 4.49. The quantitative estimate of drug-likeness (QED) is 0.549. The molecule has 1 aromatic heterocycles. The number of pyridine rings is 1. The van der Waals surface area contributed by atoms with Gasteiger partial charge in [0.25, 0.3) is 5.56 Å². The lowest BCUT2D eigenvalue weighted by Crippen LogP contribution is -2.44. The highest BCUT2D eigenvalue weighted by Crippen LogP contribution is 2.38. The van der Waals surface area contributed by atoms with E-state index in [-0.39, 0.29) is 11.4 Å². The molecule has 0 atom stereocenters. The van der Waals surface area contributed by atoms with E-state index in [1.165, 1.54) is 0 Å². The van der Waals surface area contributed by atoms with E-state index in [9.17, 15) is 24.6 Å². The highest BCUT2D eigenvalue weighted by atomic mass is 79.9. The molecule has 0 spiro atoms. The summed E-state index contributed by atoms with van der Waals surface area (Å²) in [5, 5.41) is 19.3. The molecule has 0 saturated carbocycles. The summed E-state index contributed by atoms with van der Waals surface area (Å²) in [6.07, 6.45) is 0. The van der Waals surface area contributed by atoms with Crippen LogP contribution in [-0.2, 0) is 0 Å². The van der Waals surface area contributed by atoms with Gasteiger partial charge >= 0.3 is 11.9 Å². The first-order valence-electron chi connectivity index (χ1n) is 8.46. The summed E-state index contributed by atoms with van der Waals surface area (Å²) < 4.78 is 0.747. The molecule has 0 aliphatic carbocycles. The first kappa shape index (κ1) is 19.9. The van der Waals surface area contributed by atoms with Crippen LogP contribution < -0.4 is 16.2 Å². The number of nitrogen functional groups attached to an aromatic ring is 1. The maximum atomic E-state index is 12.3. The van der Waals surface area contributed by atoms with Gasteiger partial charge in [0.2, 0.25) is 0 Å². The van der Waals surface area contributed by atoms with Crippen LogP contribution in [0, 0.1) is 0 Å². The Morgan fingerprint density at radius 1 is 1.11 bits per heavy atom. The number of hydrogen-bond donors (Lipinski definition) is 4. The van der Waals surface area contributed by atoms with Crippen LogP contribution in [0.3, 0.4) is 0 Å². The SMILES string of the molecule is CN1CCN(c2cc(Br)ccc2-c2c(C(=O)O)c(N)[nH]c(=O)c2C(=O)O)CC1. The van der Waals surface area contributed by atoms with Gasteiger partial charge < -0.3 is 30.7 Å². The van der Waals surface area contributed by atoms with Gasteiger partial charge in [0.05, 0.1) is 0 Å². The van der Waals surface area contributed by atoms with Gasteiger partial charge in [0, 0.05) is 47.5 Å². The van der Waals surface area contributed by atoms with Crippen molar-refractivity contribution < 1.29 is 19.8 Å². The third-order valence-corrected chi connectivity index (χ3v) is 5.24. The van der Waals surface area contributed by atoms with Crippen LogP contribution in [0.4, 0.5) is 11.5 Å². The average molecular weight is 451 g/mol. The first-order valence-corrected chi connectivity index (χ1v) is 9.25. The van der Waals surface area contributed by atoms with Gasteiger partial charge in [0.1, 0.15) is 16.9 Å². The van der Waals surface area contributed by atoms with Crippen molar-refractivity contribution in [2.75, 3.05) is 43.9 Å². The summed E-state index contributed by atoms with van der Waals surface area (Å²) in [4.78, 5) is 42.3. The molecule has 3 rings (SSSR count). The maximum Gasteiger partial charge on any atom is 0.342 e. The second-order valence-corrected chi connectivity index (χ2v) is 7.47. The molecule has 2 aromatic rings. The van der Waals surface area contributed by atoms with Gasteiger partial charge in [-0.25, -0.2) is 9.59 Å². The zero-order valence-electron chi connectivity index (χ0n) is 15.0. The highest BCUT2D eigenvalue weighted by Gasteiger charge is 2.29. The maximum absolute atomic E-state index is 12.3. The molecule has 1 saturated heterocycles. The standard InChI is InChI=1S/C18H19BrN4O5/c1-22-4-6-23(7-5-22)11-8-9(19)2-3-10(11)12-13(17(25)26)15(20)21-16(24)14(12)18(27)28/h2-3,8H,4-7H2,1H3,(H,25,26)(H,27,28)(H3,20,21,24). The Bertz CT molecular complexity index is 1010. The highest BCUT2D eigenvalue weighted by molar-refractivity contribution is 9.10. The third kappa shape index (κ3) is 3.60. The lowest BCUT2D eigenvalue weighted by atomic mass is 9.93. The Labute approximate surface area is 168 Å². The summed E-state index contributed by atoms with van der Waals surface area (Å²) in [7, 11) is 2.00. The van der Waals surface area contributed by atoms with Crippen molar-refractivity contribution in [3.8, 4) is 11.1 Å². The lowest BCUT2D eigenvalue weighted by molar-refractivity contribution is 0.0695. The van der Waals surface area contributed by atoms with E-state index in [0.717, 1.165) is 17.6 Å². The Kier molecular flexibility index (Phi) is 5.43. The zero-order chi connectivity index (χ0) is 20.6. The summed E-state index contributed by atoms with van der Waals surface area (Å²) >= 11 is 3.41. The molecule has 1 aromatic carbocycles. The Hall–Kier alpha value is -2.85. The van der Waals surface area contributed by atoms with Crippen molar-refractivity contribution in [2.45, 2.75) is 0 Å². The average Bonchev–Trinajstić information content (AvgIpc) is 2.61. The number of piperazine rings is 1. The zero-order valence-corrected chi connectivity index (χ0v) is 16.6. The minimum atomic E-state index is -1.52. The van der Waals surface area contributed by atoms with Gasteiger partial charge in [-0.2, -0.15) is 0 Å². The number of carboxylic acid groups (broad SMARTS) is 2. The van der Waals surface area contributed by atoms with E-state index < -0.39 is 28.6 Å². The number of likely N-dealkylation sites (N-methyl/N-ethyl adjacent to an activating group) is 1. The minimum Gasteiger partial charge on any atom is -0.478 e. The van der Waals surface area contributed by atoms with Gasteiger partial charge in [-0.3, -0.25) is 4.79 Å². The van der Waals surface area contributed by atoms with Gasteiger partial charge in [0.15, 0.2) is 0 Å². The molecule has 10 heteroatoms. The molecule has 0 amide bonds. The third-order valence-electron chi connectivity index (χ3n) is 4.75. The number of nitrogens with one attached hydrogen (secondary N) is 1. The summed E-state index contributed by atoms with van der Waals surface area (Å²) in [6.45, 7) is 2.93. The molecule has 1 aliphatic rings. The van der Waals surface area contributed by atoms with Crippen molar-refractivity contribution in [2.24, 2.45) is 0 Å². The minimum absolute atomic E-state index is 0.192. The van der Waals surface area contributed by atoms with Crippen LogP contribution in [0.1, 0.15) is 20.7 Å². The fourth-order valence-electron chi connectivity index (χ4n) is 3.34. The Balaban J connectivity index is 2.34. The number of nitrogens with two attached hydrogens (primary N) is 1. The number of aromatic nitrogens is 1. The van der Waals surface area contributed by atoms with E-state index in [1.54, 1.807) is 18.2 Å². The number of nitrogens with zero attached hydrogens (tertiary/aromatic N) is 2. The number of H-pyrrole nitrogens is 1. The van der Waals surface area contributed by atoms with Crippen LogP contribution in [0.5, 0.6) is 0 Å². The molecule has 1 aliphatic heterocycles. The van der Waals surface area contributed by atoms with Crippen molar-refractivity contribution in [3.05, 3.63) is 44.2 Å². The molecule has 2 heterocycles. The molecule has 9 nitrogen and oxygen atoms in total. The fraction of sp³-hybridized carbons (Fsp3) is 0.278. The van der Waals surface area contributed by atoms with Gasteiger partial charge in [-0.05, 0) is 19.2 Å². The van der Waals surface area contributed by atoms with E-state index in [0.29, 0.717) is 24.3 Å². The number of benzene rings is 1. The summed E-state index contributed by atoms with van der Waals surface area (Å²) in [5.74, 6) is -3.32. The number of carbonyl (C=O) groups is 2. The molecule has 0 bridgehead atoms. The number of aromatic amines is 1. The second kappa shape index (κ2) is 7.64. The molecular formula is C18H19BrN4O5. The predicted molar refractivity (Wildman–Crippen MR) is 108 cm³/mol. The van der Waals surface area contributed by atoms with Gasteiger partial charge in [-0.1, -0.05) is 22.0 Å². The van der Waals surface area contributed by atoms with Crippen molar-refractivity contribution in [1.82, 2.24) is 9.88 Å². The largest absolute Gasteiger partial charge is 0.478 e. The molecule has 28 heavy (non-hydrogen) atoms. The van der Waals surface area contributed by atoms with Crippen LogP contribution in [0.2, 0.25) is 0 Å². The number of halogens is 1. The number of aromatic carboxylic acids is 2. The lowest BCUT2D eigenvalue weighted by Gasteiger charge is -2.35. The van der Waals surface area contributed by atoms with Crippen LogP contribution in [-0.4, -0.2) is 65.3 Å². The molecule has 5 N–H and O–H groups in total. The van der Waals surface area contributed by atoms with Gasteiger partial charge in [-0.15, -0.1) is 0 Å².